The predicted molar refractivity (Wildman–Crippen MR) is 120 cm³/mol. The molecule has 0 aliphatic rings. The zero-order chi connectivity index (χ0) is 19.9. The number of hydrogen-bond donors (Lipinski definition) is 0. The van der Waals surface area contributed by atoms with Crippen molar-refractivity contribution in [3.63, 3.8) is 0 Å². The van der Waals surface area contributed by atoms with Gasteiger partial charge in [0.1, 0.15) is 5.52 Å². The summed E-state index contributed by atoms with van der Waals surface area (Å²) in [5.41, 5.74) is 1.74. The van der Waals surface area contributed by atoms with Crippen molar-refractivity contribution in [3.05, 3.63) is 65.2 Å². The van der Waals surface area contributed by atoms with Crippen molar-refractivity contribution in [1.82, 2.24) is 9.88 Å². The fraction of sp³-hybridized carbons (Fsp3) is 0.273. The molecule has 2 aromatic carbocycles. The molecule has 0 aliphatic heterocycles. The van der Waals surface area contributed by atoms with Crippen LogP contribution in [0.1, 0.15) is 19.4 Å². The second kappa shape index (κ2) is 9.82. The standard InChI is InChI=1S/C22H24ClN3OS/c1-3-25(4-2)15-16-26(20(27)14-13-17-9-6-5-7-10-17)22-24-21-18(23)11-8-12-19(21)28-22/h5-14H,3-4,15-16H2,1-2H3/b14-13+. The number of nitrogens with zero attached hydrogens (tertiary/aromatic N) is 3. The number of amides is 1. The lowest BCUT2D eigenvalue weighted by atomic mass is 10.2. The molecule has 3 aromatic rings. The minimum Gasteiger partial charge on any atom is -0.302 e. The van der Waals surface area contributed by atoms with E-state index in [1.165, 1.54) is 11.3 Å². The average Bonchev–Trinajstić information content (AvgIpc) is 3.15. The molecule has 146 valence electrons. The number of carbonyl (C=O) groups is 1. The van der Waals surface area contributed by atoms with E-state index < -0.39 is 0 Å². The van der Waals surface area contributed by atoms with Gasteiger partial charge in [0, 0.05) is 19.2 Å². The van der Waals surface area contributed by atoms with Gasteiger partial charge in [-0.2, -0.15) is 0 Å². The van der Waals surface area contributed by atoms with Gasteiger partial charge in [-0.15, -0.1) is 0 Å². The van der Waals surface area contributed by atoms with Gasteiger partial charge < -0.3 is 4.90 Å². The Kier molecular flexibility index (Phi) is 7.20. The summed E-state index contributed by atoms with van der Waals surface area (Å²) in [6.45, 7) is 7.53. The quantitative estimate of drug-likeness (QED) is 0.468. The average molecular weight is 414 g/mol. The molecule has 4 nitrogen and oxygen atoms in total. The Hall–Kier alpha value is -2.21. The highest BCUT2D eigenvalue weighted by molar-refractivity contribution is 7.22. The number of rotatable bonds is 8. The molecule has 0 N–H and O–H groups in total. The number of benzene rings is 2. The largest absolute Gasteiger partial charge is 0.302 e. The van der Waals surface area contributed by atoms with Gasteiger partial charge in [0.15, 0.2) is 5.13 Å². The van der Waals surface area contributed by atoms with Crippen molar-refractivity contribution >= 4 is 50.3 Å². The van der Waals surface area contributed by atoms with Gasteiger partial charge in [-0.1, -0.05) is 73.2 Å². The minimum absolute atomic E-state index is 0.0776. The number of anilines is 1. The molecule has 0 fully saturated rings. The minimum atomic E-state index is -0.0776. The molecule has 0 radical (unpaired) electrons. The zero-order valence-corrected chi connectivity index (χ0v) is 17.7. The van der Waals surface area contributed by atoms with Crippen molar-refractivity contribution in [1.29, 1.82) is 0 Å². The van der Waals surface area contributed by atoms with Crippen LogP contribution in [0.5, 0.6) is 0 Å². The molecule has 1 heterocycles. The Balaban J connectivity index is 1.88. The maximum Gasteiger partial charge on any atom is 0.252 e. The maximum atomic E-state index is 13.0. The fourth-order valence-electron chi connectivity index (χ4n) is 2.92. The highest BCUT2D eigenvalue weighted by Gasteiger charge is 2.19. The third kappa shape index (κ3) is 4.98. The van der Waals surface area contributed by atoms with Crippen LogP contribution in [-0.4, -0.2) is 42.0 Å². The van der Waals surface area contributed by atoms with E-state index in [9.17, 15) is 4.79 Å². The molecular formula is C22H24ClN3OS. The number of para-hydroxylation sites is 1. The molecule has 0 bridgehead atoms. The predicted octanol–water partition coefficient (Wildman–Crippen LogP) is 5.34. The molecular weight excluding hydrogens is 390 g/mol. The zero-order valence-electron chi connectivity index (χ0n) is 16.1. The van der Waals surface area contributed by atoms with Crippen molar-refractivity contribution in [2.45, 2.75) is 13.8 Å². The Morgan fingerprint density at radius 2 is 1.82 bits per heavy atom. The second-order valence-corrected chi connectivity index (χ2v) is 7.76. The van der Waals surface area contributed by atoms with Crippen molar-refractivity contribution in [2.24, 2.45) is 0 Å². The van der Waals surface area contributed by atoms with E-state index in [1.54, 1.807) is 11.0 Å². The normalized spacial score (nSPS) is 11.6. The molecule has 0 spiro atoms. The van der Waals surface area contributed by atoms with Crippen LogP contribution in [0.3, 0.4) is 0 Å². The Morgan fingerprint density at radius 3 is 2.50 bits per heavy atom. The number of aromatic nitrogens is 1. The summed E-state index contributed by atoms with van der Waals surface area (Å²) in [7, 11) is 0. The van der Waals surface area contributed by atoms with E-state index in [4.69, 9.17) is 11.6 Å². The summed E-state index contributed by atoms with van der Waals surface area (Å²) in [5, 5.41) is 1.29. The van der Waals surface area contributed by atoms with Crippen LogP contribution in [0.15, 0.2) is 54.6 Å². The van der Waals surface area contributed by atoms with E-state index in [-0.39, 0.29) is 5.91 Å². The smallest absolute Gasteiger partial charge is 0.252 e. The van der Waals surface area contributed by atoms with Crippen molar-refractivity contribution in [2.75, 3.05) is 31.1 Å². The van der Waals surface area contributed by atoms with Crippen LogP contribution in [0.25, 0.3) is 16.3 Å². The first-order valence-corrected chi connectivity index (χ1v) is 10.6. The third-order valence-electron chi connectivity index (χ3n) is 4.61. The molecule has 0 saturated heterocycles. The Bertz CT molecular complexity index is 951. The fourth-order valence-corrected chi connectivity index (χ4v) is 4.22. The number of fused-ring (bicyclic) bond motifs is 1. The molecule has 0 unspecified atom stereocenters. The molecule has 0 aliphatic carbocycles. The molecule has 28 heavy (non-hydrogen) atoms. The summed E-state index contributed by atoms with van der Waals surface area (Å²) in [4.78, 5) is 21.7. The SMILES string of the molecule is CCN(CC)CCN(C(=O)/C=C/c1ccccc1)c1nc2c(Cl)cccc2s1. The van der Waals surface area contributed by atoms with Crippen LogP contribution < -0.4 is 4.90 Å². The van der Waals surface area contributed by atoms with Crippen LogP contribution in [0.2, 0.25) is 5.02 Å². The van der Waals surface area contributed by atoms with Crippen LogP contribution >= 0.6 is 22.9 Å². The molecule has 3 rings (SSSR count). The first-order valence-electron chi connectivity index (χ1n) is 9.44. The lowest BCUT2D eigenvalue weighted by molar-refractivity contribution is -0.114. The van der Waals surface area contributed by atoms with E-state index in [0.717, 1.165) is 35.4 Å². The summed E-state index contributed by atoms with van der Waals surface area (Å²) >= 11 is 7.78. The number of likely N-dealkylation sites (N-methyl/N-ethyl adjacent to an activating group) is 1. The summed E-state index contributed by atoms with van der Waals surface area (Å²) in [5.74, 6) is -0.0776. The number of halogens is 1. The third-order valence-corrected chi connectivity index (χ3v) is 5.96. The lowest BCUT2D eigenvalue weighted by Gasteiger charge is -2.23. The topological polar surface area (TPSA) is 36.4 Å². The molecule has 1 aromatic heterocycles. The van der Waals surface area contributed by atoms with Gasteiger partial charge in [0.25, 0.3) is 5.91 Å². The van der Waals surface area contributed by atoms with E-state index in [2.05, 4.69) is 23.7 Å². The van der Waals surface area contributed by atoms with E-state index >= 15 is 0 Å². The highest BCUT2D eigenvalue weighted by atomic mass is 35.5. The number of hydrogen-bond acceptors (Lipinski definition) is 4. The van der Waals surface area contributed by atoms with Gasteiger partial charge in [-0.3, -0.25) is 9.69 Å². The molecule has 1 amide bonds. The molecule has 0 saturated carbocycles. The maximum absolute atomic E-state index is 13.0. The highest BCUT2D eigenvalue weighted by Crippen LogP contribution is 2.33. The Morgan fingerprint density at radius 1 is 1.07 bits per heavy atom. The molecule has 0 atom stereocenters. The van der Waals surface area contributed by atoms with Gasteiger partial charge in [0.05, 0.1) is 9.72 Å². The lowest BCUT2D eigenvalue weighted by Crippen LogP contribution is -2.38. The molecule has 6 heteroatoms. The van der Waals surface area contributed by atoms with Crippen molar-refractivity contribution < 1.29 is 4.79 Å². The first-order chi connectivity index (χ1) is 13.6. The van der Waals surface area contributed by atoms with Gasteiger partial charge in [-0.25, -0.2) is 4.98 Å². The van der Waals surface area contributed by atoms with Gasteiger partial charge >= 0.3 is 0 Å². The van der Waals surface area contributed by atoms with Crippen LogP contribution in [0, 0.1) is 0 Å². The monoisotopic (exact) mass is 413 g/mol. The van der Waals surface area contributed by atoms with Crippen molar-refractivity contribution in [3.8, 4) is 0 Å². The number of thiazole rings is 1. The number of carbonyl (C=O) groups excluding carboxylic acids is 1. The Labute approximate surface area is 175 Å². The summed E-state index contributed by atoms with van der Waals surface area (Å²) < 4.78 is 0.982. The summed E-state index contributed by atoms with van der Waals surface area (Å²) in [6.07, 6.45) is 3.46. The van der Waals surface area contributed by atoms with Crippen LogP contribution in [0.4, 0.5) is 5.13 Å². The van der Waals surface area contributed by atoms with Gasteiger partial charge in [-0.05, 0) is 36.9 Å². The van der Waals surface area contributed by atoms with E-state index in [1.807, 2.05) is 54.6 Å². The van der Waals surface area contributed by atoms with Gasteiger partial charge in [0.2, 0.25) is 0 Å². The second-order valence-electron chi connectivity index (χ2n) is 6.34. The summed E-state index contributed by atoms with van der Waals surface area (Å²) in [6, 6.07) is 15.5. The first kappa shape index (κ1) is 20.5. The van der Waals surface area contributed by atoms with Crippen LogP contribution in [-0.2, 0) is 4.79 Å². The van der Waals surface area contributed by atoms with E-state index in [0.29, 0.717) is 16.7 Å².